The third-order valence-electron chi connectivity index (χ3n) is 3.90. The topological polar surface area (TPSA) is 32.3 Å². The van der Waals surface area contributed by atoms with Crippen LogP contribution in [0.1, 0.15) is 49.9 Å². The van der Waals surface area contributed by atoms with E-state index in [4.69, 9.17) is 12.2 Å². The number of benzene rings is 1. The van der Waals surface area contributed by atoms with Gasteiger partial charge in [-0.05, 0) is 69.1 Å². The molecule has 1 fully saturated rings. The van der Waals surface area contributed by atoms with Gasteiger partial charge in [0.2, 0.25) is 0 Å². The number of hydrogen-bond acceptors (Lipinski definition) is 2. The molecule has 0 unspecified atom stereocenters. The number of hydrogen-bond donors (Lipinski definition) is 1. The van der Waals surface area contributed by atoms with Gasteiger partial charge >= 0.3 is 0 Å². The molecule has 3 nitrogen and oxygen atoms in total. The molecule has 0 aliphatic carbocycles. The number of nitrogens with zero attached hydrogens (tertiary/aromatic N) is 1. The van der Waals surface area contributed by atoms with E-state index >= 15 is 0 Å². The number of Topliss-reactive ketones (excluding diaryl/α,β-unsaturated/α-hetero) is 1. The molecule has 1 heterocycles. The Hall–Kier alpha value is -1.42. The summed E-state index contributed by atoms with van der Waals surface area (Å²) < 4.78 is 0. The largest absolute Gasteiger partial charge is 0.346 e. The van der Waals surface area contributed by atoms with Crippen molar-refractivity contribution in [2.75, 3.05) is 11.9 Å². The molecule has 0 aromatic heterocycles. The fourth-order valence-corrected chi connectivity index (χ4v) is 3.03. The number of carbonyl (C=O) groups is 1. The predicted octanol–water partition coefficient (Wildman–Crippen LogP) is 3.85. The van der Waals surface area contributed by atoms with E-state index in [0.29, 0.717) is 6.04 Å². The lowest BCUT2D eigenvalue weighted by atomic mass is 10.0. The molecule has 0 amide bonds. The molecule has 1 aromatic carbocycles. The zero-order valence-electron chi connectivity index (χ0n) is 12.2. The van der Waals surface area contributed by atoms with Crippen molar-refractivity contribution in [2.24, 2.45) is 0 Å². The van der Waals surface area contributed by atoms with Crippen LogP contribution in [0.25, 0.3) is 0 Å². The normalized spacial score (nSPS) is 18.7. The number of ketones is 1. The Kier molecular flexibility index (Phi) is 5.12. The van der Waals surface area contributed by atoms with Crippen molar-refractivity contribution in [3.63, 3.8) is 0 Å². The lowest BCUT2D eigenvalue weighted by Gasteiger charge is -2.37. The van der Waals surface area contributed by atoms with Gasteiger partial charge in [0.15, 0.2) is 10.9 Å². The molecule has 0 spiro atoms. The highest BCUT2D eigenvalue weighted by atomic mass is 32.1. The van der Waals surface area contributed by atoms with Gasteiger partial charge in [0, 0.05) is 23.8 Å². The Labute approximate surface area is 126 Å². The van der Waals surface area contributed by atoms with E-state index in [0.717, 1.165) is 29.3 Å². The second kappa shape index (κ2) is 6.84. The minimum atomic E-state index is 0.0844. The van der Waals surface area contributed by atoms with Gasteiger partial charge in [-0.25, -0.2) is 0 Å². The Morgan fingerprint density at radius 3 is 2.65 bits per heavy atom. The molecule has 0 saturated carbocycles. The molecule has 4 heteroatoms. The van der Waals surface area contributed by atoms with Crippen molar-refractivity contribution in [2.45, 2.75) is 45.6 Å². The van der Waals surface area contributed by atoms with Gasteiger partial charge in [0.25, 0.3) is 0 Å². The van der Waals surface area contributed by atoms with E-state index in [1.54, 1.807) is 6.92 Å². The van der Waals surface area contributed by atoms with Crippen molar-refractivity contribution in [3.8, 4) is 0 Å². The lowest BCUT2D eigenvalue weighted by molar-refractivity contribution is 0.101. The zero-order chi connectivity index (χ0) is 14.5. The number of rotatable bonds is 3. The lowest BCUT2D eigenvalue weighted by Crippen LogP contribution is -2.45. The minimum Gasteiger partial charge on any atom is -0.346 e. The van der Waals surface area contributed by atoms with Crippen molar-refractivity contribution >= 4 is 28.8 Å². The van der Waals surface area contributed by atoms with Gasteiger partial charge in [-0.3, -0.25) is 4.79 Å². The highest BCUT2D eigenvalue weighted by molar-refractivity contribution is 7.80. The van der Waals surface area contributed by atoms with Crippen LogP contribution < -0.4 is 5.32 Å². The van der Waals surface area contributed by atoms with E-state index in [-0.39, 0.29) is 5.78 Å². The number of likely N-dealkylation sites (tertiary alicyclic amines) is 1. The molecule has 0 radical (unpaired) electrons. The van der Waals surface area contributed by atoms with Gasteiger partial charge in [-0.1, -0.05) is 6.92 Å². The van der Waals surface area contributed by atoms with Crippen LogP contribution in [0.3, 0.4) is 0 Å². The number of thiocarbonyl (C=S) groups is 1. The van der Waals surface area contributed by atoms with Crippen molar-refractivity contribution < 1.29 is 4.79 Å². The van der Waals surface area contributed by atoms with Gasteiger partial charge < -0.3 is 10.2 Å². The predicted molar refractivity (Wildman–Crippen MR) is 87.3 cm³/mol. The standard InChI is InChI=1S/C16H22N2OS/c1-3-15-6-4-5-11-18(15)16(20)17-14-9-7-13(8-10-14)12(2)19/h7-10,15H,3-6,11H2,1-2H3,(H,17,20)/t15-/m1/s1. The Bertz CT molecular complexity index is 484. The monoisotopic (exact) mass is 290 g/mol. The molecule has 1 aliphatic heterocycles. The van der Waals surface area contributed by atoms with E-state index < -0.39 is 0 Å². The molecular formula is C16H22N2OS. The van der Waals surface area contributed by atoms with Crippen LogP contribution in [0.4, 0.5) is 5.69 Å². The average molecular weight is 290 g/mol. The fraction of sp³-hybridized carbons (Fsp3) is 0.500. The van der Waals surface area contributed by atoms with Crippen LogP contribution in [-0.2, 0) is 0 Å². The number of anilines is 1. The van der Waals surface area contributed by atoms with Crippen molar-refractivity contribution in [1.82, 2.24) is 4.90 Å². The van der Waals surface area contributed by atoms with Crippen LogP contribution in [0, 0.1) is 0 Å². The summed E-state index contributed by atoms with van der Waals surface area (Å²) in [5.74, 6) is 0.0844. The maximum absolute atomic E-state index is 11.3. The molecule has 1 aromatic rings. The van der Waals surface area contributed by atoms with E-state index in [1.165, 1.54) is 19.3 Å². The molecule has 20 heavy (non-hydrogen) atoms. The summed E-state index contributed by atoms with van der Waals surface area (Å²) in [6.07, 6.45) is 4.86. The highest BCUT2D eigenvalue weighted by Crippen LogP contribution is 2.21. The molecule has 2 rings (SSSR count). The van der Waals surface area contributed by atoms with Gasteiger partial charge in [0.05, 0.1) is 0 Å². The Morgan fingerprint density at radius 2 is 2.05 bits per heavy atom. The summed E-state index contributed by atoms with van der Waals surface area (Å²) in [6, 6.07) is 8.05. The van der Waals surface area contributed by atoms with Crippen molar-refractivity contribution in [1.29, 1.82) is 0 Å². The first kappa shape index (κ1) is 15.0. The molecule has 1 saturated heterocycles. The highest BCUT2D eigenvalue weighted by Gasteiger charge is 2.22. The molecule has 1 N–H and O–H groups in total. The van der Waals surface area contributed by atoms with E-state index in [2.05, 4.69) is 17.1 Å². The minimum absolute atomic E-state index is 0.0844. The maximum atomic E-state index is 11.3. The first-order chi connectivity index (χ1) is 9.61. The van der Waals surface area contributed by atoms with Crippen LogP contribution >= 0.6 is 12.2 Å². The van der Waals surface area contributed by atoms with Crippen molar-refractivity contribution in [3.05, 3.63) is 29.8 Å². The fourth-order valence-electron chi connectivity index (χ4n) is 2.68. The van der Waals surface area contributed by atoms with Crippen LogP contribution in [0.15, 0.2) is 24.3 Å². The quantitative estimate of drug-likeness (QED) is 0.677. The summed E-state index contributed by atoms with van der Waals surface area (Å²) >= 11 is 5.53. The first-order valence-electron chi connectivity index (χ1n) is 7.30. The van der Waals surface area contributed by atoms with Crippen LogP contribution in [0.2, 0.25) is 0 Å². The average Bonchev–Trinajstić information content (AvgIpc) is 2.47. The Morgan fingerprint density at radius 1 is 1.35 bits per heavy atom. The number of nitrogens with one attached hydrogen (secondary N) is 1. The summed E-state index contributed by atoms with van der Waals surface area (Å²) in [4.78, 5) is 13.6. The molecular weight excluding hydrogens is 268 g/mol. The van der Waals surface area contributed by atoms with Crippen LogP contribution in [0.5, 0.6) is 0 Å². The summed E-state index contributed by atoms with van der Waals surface area (Å²) in [5.41, 5.74) is 1.67. The molecule has 1 aliphatic rings. The van der Waals surface area contributed by atoms with Gasteiger partial charge in [-0.15, -0.1) is 0 Å². The zero-order valence-corrected chi connectivity index (χ0v) is 13.0. The second-order valence-corrected chi connectivity index (χ2v) is 5.70. The van der Waals surface area contributed by atoms with Gasteiger partial charge in [0.1, 0.15) is 0 Å². The summed E-state index contributed by atoms with van der Waals surface area (Å²) in [5, 5.41) is 4.09. The van der Waals surface area contributed by atoms with Gasteiger partial charge in [-0.2, -0.15) is 0 Å². The number of piperidine rings is 1. The first-order valence-corrected chi connectivity index (χ1v) is 7.71. The summed E-state index contributed by atoms with van der Waals surface area (Å²) in [6.45, 7) is 4.83. The maximum Gasteiger partial charge on any atom is 0.173 e. The number of carbonyl (C=O) groups excluding carboxylic acids is 1. The van der Waals surface area contributed by atoms with E-state index in [1.807, 2.05) is 24.3 Å². The summed E-state index contributed by atoms with van der Waals surface area (Å²) in [7, 11) is 0. The second-order valence-electron chi connectivity index (χ2n) is 5.31. The smallest absolute Gasteiger partial charge is 0.173 e. The Balaban J connectivity index is 2.01. The SMILES string of the molecule is CC[C@@H]1CCCCN1C(=S)Nc1ccc(C(C)=O)cc1. The van der Waals surface area contributed by atoms with Crippen LogP contribution in [-0.4, -0.2) is 28.4 Å². The third kappa shape index (κ3) is 3.57. The molecule has 108 valence electrons. The molecule has 1 atom stereocenters. The van der Waals surface area contributed by atoms with E-state index in [9.17, 15) is 4.79 Å². The third-order valence-corrected chi connectivity index (χ3v) is 4.24. The molecule has 0 bridgehead atoms.